The molecule has 1 aliphatic rings. The zero-order valence-corrected chi connectivity index (χ0v) is 7.92. The van der Waals surface area contributed by atoms with E-state index in [2.05, 4.69) is 31.1 Å². The summed E-state index contributed by atoms with van der Waals surface area (Å²) >= 11 is 0. The molecule has 0 spiro atoms. The van der Waals surface area contributed by atoms with E-state index in [0.29, 0.717) is 0 Å². The van der Waals surface area contributed by atoms with Crippen LogP contribution in [0, 0.1) is 0 Å². The highest BCUT2D eigenvalue weighted by atomic mass is 16.2. The van der Waals surface area contributed by atoms with Crippen molar-refractivity contribution in [3.8, 4) is 0 Å². The highest BCUT2D eigenvalue weighted by molar-refractivity contribution is 5.82. The Labute approximate surface area is 73.1 Å². The van der Waals surface area contributed by atoms with Gasteiger partial charge in [0, 0.05) is 12.1 Å². The van der Waals surface area contributed by atoms with E-state index >= 15 is 0 Å². The minimum Gasteiger partial charge on any atom is -0.293 e. The zero-order valence-electron chi connectivity index (χ0n) is 7.92. The number of hydrogen-bond acceptors (Lipinski definition) is 3. The molecule has 0 bridgehead atoms. The average molecular weight is 171 g/mol. The maximum atomic E-state index is 11.2. The summed E-state index contributed by atoms with van der Waals surface area (Å²) in [5, 5.41) is 0. The fourth-order valence-corrected chi connectivity index (χ4v) is 1.56. The van der Waals surface area contributed by atoms with Gasteiger partial charge in [-0.05, 0) is 27.2 Å². The van der Waals surface area contributed by atoms with Crippen LogP contribution in [0.15, 0.2) is 0 Å². The summed E-state index contributed by atoms with van der Waals surface area (Å²) in [6.07, 6.45) is 0.917. The molecule has 3 N–H and O–H groups in total. The fourth-order valence-electron chi connectivity index (χ4n) is 1.56. The van der Waals surface area contributed by atoms with Crippen molar-refractivity contribution in [3.63, 3.8) is 0 Å². The minimum absolute atomic E-state index is 0.0185. The first-order valence-corrected chi connectivity index (χ1v) is 4.24. The number of rotatable bonds is 1. The van der Waals surface area contributed by atoms with Crippen molar-refractivity contribution in [2.45, 2.75) is 38.8 Å². The van der Waals surface area contributed by atoms with Crippen molar-refractivity contribution in [1.82, 2.24) is 10.3 Å². The van der Waals surface area contributed by atoms with Crippen LogP contribution in [-0.4, -0.2) is 28.9 Å². The predicted molar refractivity (Wildman–Crippen MR) is 47.2 cm³/mol. The molecule has 1 heterocycles. The minimum atomic E-state index is -0.0730. The molecule has 0 aliphatic carbocycles. The number of hydrazine groups is 1. The number of likely N-dealkylation sites (tertiary alicyclic amines) is 1. The third-order valence-corrected chi connectivity index (χ3v) is 2.33. The van der Waals surface area contributed by atoms with Crippen molar-refractivity contribution >= 4 is 5.91 Å². The molecule has 70 valence electrons. The molecule has 0 aromatic carbocycles. The normalized spacial score (nSPS) is 24.8. The molecule has 0 aromatic rings. The van der Waals surface area contributed by atoms with Gasteiger partial charge in [-0.1, -0.05) is 0 Å². The second-order valence-corrected chi connectivity index (χ2v) is 4.18. The van der Waals surface area contributed by atoms with E-state index in [0.717, 1.165) is 13.0 Å². The summed E-state index contributed by atoms with van der Waals surface area (Å²) in [5.41, 5.74) is 2.25. The van der Waals surface area contributed by atoms with E-state index in [9.17, 15) is 4.79 Å². The smallest absolute Gasteiger partial charge is 0.251 e. The van der Waals surface area contributed by atoms with Crippen molar-refractivity contribution in [3.05, 3.63) is 0 Å². The average Bonchev–Trinajstić information content (AvgIpc) is 1.80. The van der Waals surface area contributed by atoms with Crippen LogP contribution in [-0.2, 0) is 4.79 Å². The third-order valence-electron chi connectivity index (χ3n) is 2.33. The van der Waals surface area contributed by atoms with E-state index in [4.69, 9.17) is 5.84 Å². The lowest BCUT2D eigenvalue weighted by Gasteiger charge is -2.48. The summed E-state index contributed by atoms with van der Waals surface area (Å²) in [6.45, 7) is 7.29. The van der Waals surface area contributed by atoms with Gasteiger partial charge < -0.3 is 0 Å². The van der Waals surface area contributed by atoms with Crippen LogP contribution in [0.4, 0.5) is 0 Å². The SMILES string of the molecule is CC(C)(C)N1CC[C@@H]1C(=O)NN. The fraction of sp³-hybridized carbons (Fsp3) is 0.875. The van der Waals surface area contributed by atoms with Gasteiger partial charge in [-0.25, -0.2) is 5.84 Å². The lowest BCUT2D eigenvalue weighted by Crippen LogP contribution is -2.63. The van der Waals surface area contributed by atoms with Gasteiger partial charge in [0.1, 0.15) is 0 Å². The van der Waals surface area contributed by atoms with Crippen LogP contribution >= 0.6 is 0 Å². The molecule has 0 saturated carbocycles. The van der Waals surface area contributed by atoms with E-state index in [1.807, 2.05) is 0 Å². The molecular formula is C8H17N3O. The highest BCUT2D eigenvalue weighted by Gasteiger charge is 2.39. The van der Waals surface area contributed by atoms with Crippen LogP contribution in [0.5, 0.6) is 0 Å². The number of carbonyl (C=O) groups is 1. The first-order valence-electron chi connectivity index (χ1n) is 4.24. The summed E-state index contributed by atoms with van der Waals surface area (Å²) < 4.78 is 0. The molecule has 0 unspecified atom stereocenters. The molecule has 0 radical (unpaired) electrons. The number of nitrogens with one attached hydrogen (secondary N) is 1. The summed E-state index contributed by atoms with van der Waals surface area (Å²) in [5.74, 6) is 4.99. The van der Waals surface area contributed by atoms with Crippen LogP contribution < -0.4 is 11.3 Å². The van der Waals surface area contributed by atoms with Crippen LogP contribution in [0.25, 0.3) is 0 Å². The van der Waals surface area contributed by atoms with E-state index in [1.54, 1.807) is 0 Å². The van der Waals surface area contributed by atoms with Gasteiger partial charge in [0.2, 0.25) is 0 Å². The Morgan fingerprint density at radius 1 is 1.58 bits per heavy atom. The van der Waals surface area contributed by atoms with Crippen molar-refractivity contribution in [2.75, 3.05) is 6.54 Å². The van der Waals surface area contributed by atoms with Gasteiger partial charge in [0.05, 0.1) is 6.04 Å². The lowest BCUT2D eigenvalue weighted by atomic mass is 9.93. The molecule has 0 aromatic heterocycles. The van der Waals surface area contributed by atoms with Gasteiger partial charge in [-0.2, -0.15) is 0 Å². The molecular weight excluding hydrogens is 154 g/mol. The molecule has 1 aliphatic heterocycles. The lowest BCUT2D eigenvalue weighted by molar-refractivity contribution is -0.135. The Hall–Kier alpha value is -0.610. The predicted octanol–water partition coefficient (Wildman–Crippen LogP) is -0.151. The first-order chi connectivity index (χ1) is 5.46. The Morgan fingerprint density at radius 2 is 2.17 bits per heavy atom. The zero-order chi connectivity index (χ0) is 9.35. The van der Waals surface area contributed by atoms with Gasteiger partial charge >= 0.3 is 0 Å². The maximum absolute atomic E-state index is 11.2. The Morgan fingerprint density at radius 3 is 2.42 bits per heavy atom. The number of nitrogens with two attached hydrogens (primary N) is 1. The number of carbonyl (C=O) groups excluding carboxylic acids is 1. The third kappa shape index (κ3) is 1.59. The molecule has 1 fully saturated rings. The van der Waals surface area contributed by atoms with E-state index in [-0.39, 0.29) is 17.5 Å². The molecule has 12 heavy (non-hydrogen) atoms. The first kappa shape index (κ1) is 9.48. The molecule has 1 saturated heterocycles. The molecule has 1 rings (SSSR count). The highest BCUT2D eigenvalue weighted by Crippen LogP contribution is 2.26. The number of amides is 1. The van der Waals surface area contributed by atoms with E-state index < -0.39 is 0 Å². The Bertz CT molecular complexity index is 185. The topological polar surface area (TPSA) is 58.4 Å². The van der Waals surface area contributed by atoms with Crippen LogP contribution in [0.1, 0.15) is 27.2 Å². The molecule has 1 amide bonds. The standard InChI is InChI=1S/C8H17N3O/c1-8(2,3)11-5-4-6(11)7(12)10-9/h6H,4-5,9H2,1-3H3,(H,10,12)/t6-/m1/s1. The van der Waals surface area contributed by atoms with Crippen LogP contribution in [0.2, 0.25) is 0 Å². The number of hydrogen-bond donors (Lipinski definition) is 2. The second kappa shape index (κ2) is 3.03. The number of nitrogens with zero attached hydrogens (tertiary/aromatic N) is 1. The molecule has 4 nitrogen and oxygen atoms in total. The molecule has 1 atom stereocenters. The summed E-state index contributed by atoms with van der Waals surface area (Å²) in [4.78, 5) is 13.3. The summed E-state index contributed by atoms with van der Waals surface area (Å²) in [6, 6.07) is -0.0185. The Kier molecular flexibility index (Phi) is 2.39. The second-order valence-electron chi connectivity index (χ2n) is 4.18. The largest absolute Gasteiger partial charge is 0.293 e. The maximum Gasteiger partial charge on any atom is 0.251 e. The van der Waals surface area contributed by atoms with Gasteiger partial charge in [0.25, 0.3) is 5.91 Å². The molecule has 4 heteroatoms. The van der Waals surface area contributed by atoms with Crippen molar-refractivity contribution < 1.29 is 4.79 Å². The Balaban J connectivity index is 2.55. The van der Waals surface area contributed by atoms with Crippen molar-refractivity contribution in [2.24, 2.45) is 5.84 Å². The van der Waals surface area contributed by atoms with Crippen molar-refractivity contribution in [1.29, 1.82) is 0 Å². The van der Waals surface area contributed by atoms with Gasteiger partial charge in [0.15, 0.2) is 0 Å². The van der Waals surface area contributed by atoms with Gasteiger partial charge in [-0.15, -0.1) is 0 Å². The summed E-state index contributed by atoms with van der Waals surface area (Å²) in [7, 11) is 0. The van der Waals surface area contributed by atoms with Gasteiger partial charge in [-0.3, -0.25) is 15.1 Å². The monoisotopic (exact) mass is 171 g/mol. The van der Waals surface area contributed by atoms with Crippen LogP contribution in [0.3, 0.4) is 0 Å². The quantitative estimate of drug-likeness (QED) is 0.328. The van der Waals surface area contributed by atoms with E-state index in [1.165, 1.54) is 0 Å².